The second-order valence-corrected chi connectivity index (χ2v) is 12.5. The molecule has 11 heteroatoms. The summed E-state index contributed by atoms with van der Waals surface area (Å²) < 4.78 is 45.1. The Labute approximate surface area is 295 Å². The summed E-state index contributed by atoms with van der Waals surface area (Å²) in [4.78, 5) is 53.7. The molecule has 0 unspecified atom stereocenters. The first-order valence-electron chi connectivity index (χ1n) is 16.8. The number of hydrogen-bond donors (Lipinski definition) is 3. The van der Waals surface area contributed by atoms with E-state index in [0.717, 1.165) is 17.7 Å². The number of halogens is 3. The monoisotopic (exact) mass is 701 g/mol. The maximum absolute atomic E-state index is 13.6. The quantitative estimate of drug-likeness (QED) is 0.0958. The zero-order chi connectivity index (χ0) is 37.2. The van der Waals surface area contributed by atoms with Crippen LogP contribution in [0.4, 0.5) is 18.9 Å². The van der Waals surface area contributed by atoms with Crippen molar-refractivity contribution in [1.82, 2.24) is 10.6 Å². The lowest BCUT2D eigenvalue weighted by molar-refractivity contribution is -0.150. The Morgan fingerprint density at radius 2 is 1.35 bits per heavy atom. The molecule has 0 fully saturated rings. The van der Waals surface area contributed by atoms with Gasteiger partial charge in [0, 0.05) is 24.3 Å². The number of rotatable bonds is 14. The van der Waals surface area contributed by atoms with E-state index in [4.69, 9.17) is 4.74 Å². The van der Waals surface area contributed by atoms with E-state index in [1.165, 1.54) is 12.1 Å². The van der Waals surface area contributed by atoms with Gasteiger partial charge in [-0.25, -0.2) is 0 Å². The number of amides is 3. The Bertz CT molecular complexity index is 1820. The minimum Gasteiger partial charge on any atom is -0.463 e. The highest BCUT2D eigenvalue weighted by atomic mass is 19.4. The van der Waals surface area contributed by atoms with Crippen molar-refractivity contribution in [1.29, 1.82) is 0 Å². The first kappa shape index (κ1) is 38.4. The lowest BCUT2D eigenvalue weighted by Gasteiger charge is -2.31. The van der Waals surface area contributed by atoms with Crippen molar-refractivity contribution in [2.45, 2.75) is 52.1 Å². The van der Waals surface area contributed by atoms with Crippen molar-refractivity contribution in [3.8, 4) is 11.1 Å². The first-order chi connectivity index (χ1) is 24.3. The van der Waals surface area contributed by atoms with Crippen LogP contribution in [0.5, 0.6) is 0 Å². The van der Waals surface area contributed by atoms with Gasteiger partial charge < -0.3 is 20.7 Å². The van der Waals surface area contributed by atoms with E-state index in [1.807, 2.05) is 13.8 Å². The van der Waals surface area contributed by atoms with Crippen LogP contribution in [0.15, 0.2) is 97.1 Å². The fraction of sp³-hybridized carbons (Fsp3) is 0.300. The Hall–Kier alpha value is -5.45. The summed E-state index contributed by atoms with van der Waals surface area (Å²) in [5.41, 5.74) is 0.880. The van der Waals surface area contributed by atoms with Crippen LogP contribution in [-0.4, -0.2) is 43.4 Å². The molecule has 268 valence electrons. The maximum atomic E-state index is 13.6. The number of hydrogen-bond acceptors (Lipinski definition) is 5. The van der Waals surface area contributed by atoms with E-state index in [9.17, 15) is 32.3 Å². The van der Waals surface area contributed by atoms with E-state index >= 15 is 0 Å². The molecule has 0 aromatic heterocycles. The van der Waals surface area contributed by atoms with Crippen LogP contribution >= 0.6 is 0 Å². The molecule has 0 aliphatic rings. The highest BCUT2D eigenvalue weighted by Gasteiger charge is 2.48. The van der Waals surface area contributed by atoms with E-state index in [-0.39, 0.29) is 31.0 Å². The number of alkyl halides is 3. The summed E-state index contributed by atoms with van der Waals surface area (Å²) in [5.74, 6) is -2.09. The van der Waals surface area contributed by atoms with Gasteiger partial charge in [0.15, 0.2) is 5.41 Å². The van der Waals surface area contributed by atoms with Crippen molar-refractivity contribution >= 4 is 29.4 Å². The van der Waals surface area contributed by atoms with Gasteiger partial charge in [0.1, 0.15) is 6.61 Å². The molecule has 3 amide bonds. The molecule has 3 N–H and O–H groups in total. The molecule has 0 radical (unpaired) electrons. The third-order valence-electron chi connectivity index (χ3n) is 8.26. The van der Waals surface area contributed by atoms with Crippen molar-refractivity contribution in [3.05, 3.63) is 125 Å². The summed E-state index contributed by atoms with van der Waals surface area (Å²) in [5, 5.41) is 8.37. The smallest absolute Gasteiger partial charge is 0.416 e. The number of likely N-dealkylation sites (N-methyl/N-ethyl adjacent to an activating group) is 2. The predicted molar refractivity (Wildman–Crippen MR) is 190 cm³/mol. The van der Waals surface area contributed by atoms with Gasteiger partial charge in [-0.3, -0.25) is 19.2 Å². The van der Waals surface area contributed by atoms with Crippen LogP contribution in [0.1, 0.15) is 60.3 Å². The highest BCUT2D eigenvalue weighted by Crippen LogP contribution is 2.33. The number of benzene rings is 4. The second kappa shape index (κ2) is 17.0. The molecule has 0 bridgehead atoms. The van der Waals surface area contributed by atoms with Crippen molar-refractivity contribution < 1.29 is 37.1 Å². The summed E-state index contributed by atoms with van der Waals surface area (Å²) in [6.45, 7) is 7.51. The molecule has 0 saturated heterocycles. The van der Waals surface area contributed by atoms with Gasteiger partial charge in [-0.2, -0.15) is 13.2 Å². The van der Waals surface area contributed by atoms with E-state index in [0.29, 0.717) is 34.4 Å². The normalized spacial score (nSPS) is 11.5. The fourth-order valence-corrected chi connectivity index (χ4v) is 5.78. The third kappa shape index (κ3) is 9.42. The number of carbonyl (C=O) groups excluding carboxylic acids is 4. The average molecular weight is 702 g/mol. The number of anilines is 1. The average Bonchev–Trinajstić information content (AvgIpc) is 3.10. The summed E-state index contributed by atoms with van der Waals surface area (Å²) in [6.07, 6.45) is -4.08. The zero-order valence-electron chi connectivity index (χ0n) is 29.0. The summed E-state index contributed by atoms with van der Waals surface area (Å²) in [7, 11) is 0. The predicted octanol–water partition coefficient (Wildman–Crippen LogP) is 7.12. The van der Waals surface area contributed by atoms with Crippen molar-refractivity contribution in [2.75, 3.05) is 25.0 Å². The second-order valence-electron chi connectivity index (χ2n) is 12.5. The van der Waals surface area contributed by atoms with Gasteiger partial charge >= 0.3 is 12.1 Å². The molecule has 0 aliphatic heterocycles. The molecule has 4 rings (SSSR count). The van der Waals surface area contributed by atoms with Crippen LogP contribution < -0.4 is 16.0 Å². The summed E-state index contributed by atoms with van der Waals surface area (Å²) in [6, 6.07) is 24.9. The Kier molecular flexibility index (Phi) is 12.8. The van der Waals surface area contributed by atoms with Crippen LogP contribution in [0, 0.1) is 5.92 Å². The molecule has 4 aromatic carbocycles. The van der Waals surface area contributed by atoms with Crippen LogP contribution in [0.3, 0.4) is 0 Å². The molecule has 8 nitrogen and oxygen atoms in total. The Balaban J connectivity index is 1.56. The van der Waals surface area contributed by atoms with Gasteiger partial charge in [-0.05, 0) is 78.3 Å². The van der Waals surface area contributed by atoms with Crippen molar-refractivity contribution in [2.24, 2.45) is 5.92 Å². The van der Waals surface area contributed by atoms with Gasteiger partial charge in [0.25, 0.3) is 5.91 Å². The molecular formula is C40H42F3N3O5. The zero-order valence-corrected chi connectivity index (χ0v) is 29.0. The topological polar surface area (TPSA) is 114 Å². The summed E-state index contributed by atoms with van der Waals surface area (Å²) >= 11 is 0. The van der Waals surface area contributed by atoms with E-state index in [1.54, 1.807) is 86.6 Å². The van der Waals surface area contributed by atoms with E-state index in [2.05, 4.69) is 16.0 Å². The van der Waals surface area contributed by atoms with Gasteiger partial charge in [-0.1, -0.05) is 86.6 Å². The third-order valence-corrected chi connectivity index (χ3v) is 8.26. The molecule has 0 aliphatic carbocycles. The lowest BCUT2D eigenvalue weighted by Crippen LogP contribution is -2.57. The molecular weight excluding hydrogens is 659 g/mol. The first-order valence-corrected chi connectivity index (χ1v) is 16.8. The molecule has 4 aromatic rings. The minimum atomic E-state index is -4.48. The van der Waals surface area contributed by atoms with E-state index < -0.39 is 47.5 Å². The largest absolute Gasteiger partial charge is 0.463 e. The molecule has 0 heterocycles. The Morgan fingerprint density at radius 1 is 0.745 bits per heavy atom. The van der Waals surface area contributed by atoms with Gasteiger partial charge in [-0.15, -0.1) is 0 Å². The number of carbonyl (C=O) groups is 4. The van der Waals surface area contributed by atoms with Crippen LogP contribution in [-0.2, 0) is 43.6 Å². The lowest BCUT2D eigenvalue weighted by atomic mass is 9.79. The molecule has 0 saturated carbocycles. The minimum absolute atomic E-state index is 0.161. The number of nitrogens with one attached hydrogen (secondary N) is 3. The molecule has 0 atom stereocenters. The van der Waals surface area contributed by atoms with Gasteiger partial charge in [0.05, 0.1) is 12.0 Å². The standard InChI is InChI=1S/C40H42F3N3O5/c1-5-44-37(49)39(38(50)45-6-2,30-12-8-7-9-13-30)25-51-35(47)24-27-16-21-34(29(23-27)22-26(3)4)46-36(48)33-15-11-10-14-32(33)28-17-19-31(20-18-28)40(41,42)43/h7-21,23,26H,5-6,22,24-25H2,1-4H3,(H,44,49)(H,45,50)(H,46,48). The number of esters is 1. The fourth-order valence-electron chi connectivity index (χ4n) is 5.78. The van der Waals surface area contributed by atoms with Crippen molar-refractivity contribution in [3.63, 3.8) is 0 Å². The highest BCUT2D eigenvalue weighted by molar-refractivity contribution is 6.11. The number of ether oxygens (including phenoxy) is 1. The Morgan fingerprint density at radius 3 is 1.94 bits per heavy atom. The molecule has 51 heavy (non-hydrogen) atoms. The maximum Gasteiger partial charge on any atom is 0.416 e. The van der Waals surface area contributed by atoms with Crippen LogP contribution in [0.2, 0.25) is 0 Å². The molecule has 0 spiro atoms. The SMILES string of the molecule is CCNC(=O)C(COC(=O)Cc1ccc(NC(=O)c2ccccc2-c2ccc(C(F)(F)F)cc2)c(CC(C)C)c1)(C(=O)NCC)c1ccccc1. The van der Waals surface area contributed by atoms with Gasteiger partial charge in [0.2, 0.25) is 11.8 Å². The van der Waals surface area contributed by atoms with Crippen LogP contribution in [0.25, 0.3) is 11.1 Å².